The molecule has 1 aliphatic rings. The Hall–Kier alpha value is -1.25. The Morgan fingerprint density at radius 3 is 2.71 bits per heavy atom. The van der Waals surface area contributed by atoms with Gasteiger partial charge in [-0.3, -0.25) is 0 Å². The van der Waals surface area contributed by atoms with Crippen LogP contribution in [0, 0.1) is 5.92 Å². The third-order valence-electron chi connectivity index (χ3n) is 3.09. The van der Waals surface area contributed by atoms with Crippen LogP contribution in [-0.2, 0) is 0 Å². The van der Waals surface area contributed by atoms with Gasteiger partial charge in [0.05, 0.1) is 11.9 Å². The van der Waals surface area contributed by atoms with Crippen molar-refractivity contribution in [1.82, 2.24) is 4.98 Å². The lowest BCUT2D eigenvalue weighted by Gasteiger charge is -2.26. The molecule has 0 spiro atoms. The van der Waals surface area contributed by atoms with Crippen molar-refractivity contribution in [2.45, 2.75) is 25.8 Å². The van der Waals surface area contributed by atoms with Gasteiger partial charge in [0.15, 0.2) is 0 Å². The molecule has 1 aliphatic carbocycles. The van der Waals surface area contributed by atoms with E-state index in [0.29, 0.717) is 11.9 Å². The summed E-state index contributed by atoms with van der Waals surface area (Å²) in [7, 11) is 2.12. The number of hydrogen-bond donors (Lipinski definition) is 1. The van der Waals surface area contributed by atoms with Crippen molar-refractivity contribution in [2.75, 3.05) is 17.7 Å². The van der Waals surface area contributed by atoms with Crippen molar-refractivity contribution in [3.05, 3.63) is 18.3 Å². The number of nitrogens with zero attached hydrogens (tertiary/aromatic N) is 2. The minimum absolute atomic E-state index is 0.584. The maximum atomic E-state index is 5.55. The predicted octanol–water partition coefficient (Wildman–Crippen LogP) is 1.90. The van der Waals surface area contributed by atoms with Crippen molar-refractivity contribution in [3.63, 3.8) is 0 Å². The molecular weight excluding hydrogens is 174 g/mol. The maximum absolute atomic E-state index is 5.55. The molecule has 1 aromatic rings. The summed E-state index contributed by atoms with van der Waals surface area (Å²) in [5, 5.41) is 0. The van der Waals surface area contributed by atoms with E-state index in [1.165, 1.54) is 12.8 Å². The minimum Gasteiger partial charge on any atom is -0.384 e. The van der Waals surface area contributed by atoms with E-state index >= 15 is 0 Å². The van der Waals surface area contributed by atoms with Gasteiger partial charge < -0.3 is 10.6 Å². The second kappa shape index (κ2) is 3.48. The molecule has 0 bridgehead atoms. The maximum Gasteiger partial charge on any atom is 0.123 e. The van der Waals surface area contributed by atoms with Crippen LogP contribution in [0.4, 0.5) is 11.5 Å². The third-order valence-corrected chi connectivity index (χ3v) is 3.09. The van der Waals surface area contributed by atoms with Crippen LogP contribution in [0.5, 0.6) is 0 Å². The van der Waals surface area contributed by atoms with Gasteiger partial charge in [-0.2, -0.15) is 0 Å². The Kier molecular flexibility index (Phi) is 2.32. The van der Waals surface area contributed by atoms with Crippen molar-refractivity contribution in [1.29, 1.82) is 0 Å². The van der Waals surface area contributed by atoms with E-state index in [1.54, 1.807) is 0 Å². The number of pyridine rings is 1. The van der Waals surface area contributed by atoms with Crippen LogP contribution < -0.4 is 10.6 Å². The number of anilines is 2. The Bertz CT molecular complexity index is 303. The molecule has 2 N–H and O–H groups in total. The van der Waals surface area contributed by atoms with Crippen molar-refractivity contribution < 1.29 is 0 Å². The number of hydrogen-bond acceptors (Lipinski definition) is 3. The van der Waals surface area contributed by atoms with Crippen LogP contribution in [0.2, 0.25) is 0 Å². The van der Waals surface area contributed by atoms with Crippen LogP contribution in [-0.4, -0.2) is 18.1 Å². The molecule has 1 atom stereocenters. The van der Waals surface area contributed by atoms with Gasteiger partial charge >= 0.3 is 0 Å². The molecule has 0 radical (unpaired) electrons. The molecule has 76 valence electrons. The fourth-order valence-electron chi connectivity index (χ4n) is 1.74. The molecule has 2 rings (SSSR count). The summed E-state index contributed by atoms with van der Waals surface area (Å²) in [4.78, 5) is 6.38. The SMILES string of the molecule is CC(C1CC1)N(C)c1ccc(N)nc1. The Balaban J connectivity index is 2.09. The van der Waals surface area contributed by atoms with Crippen LogP contribution in [0.15, 0.2) is 18.3 Å². The zero-order valence-corrected chi connectivity index (χ0v) is 8.77. The summed E-state index contributed by atoms with van der Waals surface area (Å²) in [6.07, 6.45) is 4.58. The average molecular weight is 191 g/mol. The Labute approximate surface area is 84.9 Å². The third kappa shape index (κ3) is 1.81. The lowest BCUT2D eigenvalue weighted by Crippen LogP contribution is -2.30. The quantitative estimate of drug-likeness (QED) is 0.793. The molecule has 1 unspecified atom stereocenters. The summed E-state index contributed by atoms with van der Waals surface area (Å²) < 4.78 is 0. The summed E-state index contributed by atoms with van der Waals surface area (Å²) >= 11 is 0. The van der Waals surface area contributed by atoms with E-state index in [1.807, 2.05) is 18.3 Å². The molecule has 1 fully saturated rings. The molecule has 14 heavy (non-hydrogen) atoms. The van der Waals surface area contributed by atoms with Gasteiger partial charge in [-0.05, 0) is 37.8 Å². The highest BCUT2D eigenvalue weighted by Crippen LogP contribution is 2.36. The summed E-state index contributed by atoms with van der Waals surface area (Å²) in [5.74, 6) is 1.46. The van der Waals surface area contributed by atoms with Crippen molar-refractivity contribution in [2.24, 2.45) is 5.92 Å². The number of aromatic nitrogens is 1. The van der Waals surface area contributed by atoms with Gasteiger partial charge in [0, 0.05) is 13.1 Å². The van der Waals surface area contributed by atoms with E-state index in [0.717, 1.165) is 11.6 Å². The van der Waals surface area contributed by atoms with E-state index in [-0.39, 0.29) is 0 Å². The molecule has 1 heterocycles. The molecular formula is C11H17N3. The molecule has 0 amide bonds. The van der Waals surface area contributed by atoms with E-state index in [9.17, 15) is 0 Å². The Morgan fingerprint density at radius 2 is 2.21 bits per heavy atom. The topological polar surface area (TPSA) is 42.1 Å². The fourth-order valence-corrected chi connectivity index (χ4v) is 1.74. The number of nitrogens with two attached hydrogens (primary N) is 1. The summed E-state index contributed by atoms with van der Waals surface area (Å²) in [5.41, 5.74) is 6.70. The molecule has 3 heteroatoms. The first kappa shape index (κ1) is 9.31. The number of rotatable bonds is 3. The van der Waals surface area contributed by atoms with Crippen LogP contribution in [0.25, 0.3) is 0 Å². The Morgan fingerprint density at radius 1 is 1.50 bits per heavy atom. The fraction of sp³-hybridized carbons (Fsp3) is 0.545. The van der Waals surface area contributed by atoms with E-state index in [4.69, 9.17) is 5.73 Å². The van der Waals surface area contributed by atoms with Gasteiger partial charge in [0.1, 0.15) is 5.82 Å². The van der Waals surface area contributed by atoms with Crippen LogP contribution in [0.3, 0.4) is 0 Å². The highest BCUT2D eigenvalue weighted by atomic mass is 15.1. The number of nitrogen functional groups attached to an aromatic ring is 1. The first-order valence-electron chi connectivity index (χ1n) is 5.13. The predicted molar refractivity (Wildman–Crippen MR) is 59.2 cm³/mol. The molecule has 0 aliphatic heterocycles. The van der Waals surface area contributed by atoms with E-state index < -0.39 is 0 Å². The van der Waals surface area contributed by atoms with Crippen LogP contribution >= 0.6 is 0 Å². The first-order valence-corrected chi connectivity index (χ1v) is 5.13. The standard InChI is InChI=1S/C11H17N3/c1-8(9-3-4-9)14(2)10-5-6-11(12)13-7-10/h5-9H,3-4H2,1-2H3,(H2,12,13). The van der Waals surface area contributed by atoms with Gasteiger partial charge in [0.25, 0.3) is 0 Å². The second-order valence-electron chi connectivity index (χ2n) is 4.13. The van der Waals surface area contributed by atoms with E-state index in [2.05, 4.69) is 23.9 Å². The molecule has 1 aromatic heterocycles. The molecule has 0 aromatic carbocycles. The van der Waals surface area contributed by atoms with Gasteiger partial charge in [-0.25, -0.2) is 4.98 Å². The highest BCUT2D eigenvalue weighted by Gasteiger charge is 2.30. The lowest BCUT2D eigenvalue weighted by molar-refractivity contribution is 0.608. The van der Waals surface area contributed by atoms with Gasteiger partial charge in [0.2, 0.25) is 0 Å². The first-order chi connectivity index (χ1) is 6.68. The smallest absolute Gasteiger partial charge is 0.123 e. The summed E-state index contributed by atoms with van der Waals surface area (Å²) in [6, 6.07) is 4.49. The van der Waals surface area contributed by atoms with Gasteiger partial charge in [-0.1, -0.05) is 0 Å². The highest BCUT2D eigenvalue weighted by molar-refractivity contribution is 5.48. The molecule has 0 saturated heterocycles. The minimum atomic E-state index is 0.584. The monoisotopic (exact) mass is 191 g/mol. The normalized spacial score (nSPS) is 17.9. The zero-order valence-electron chi connectivity index (χ0n) is 8.77. The lowest BCUT2D eigenvalue weighted by atomic mass is 10.2. The largest absolute Gasteiger partial charge is 0.384 e. The van der Waals surface area contributed by atoms with Crippen LogP contribution in [0.1, 0.15) is 19.8 Å². The second-order valence-corrected chi connectivity index (χ2v) is 4.13. The van der Waals surface area contributed by atoms with Crippen molar-refractivity contribution in [3.8, 4) is 0 Å². The molecule has 1 saturated carbocycles. The zero-order chi connectivity index (χ0) is 10.1. The average Bonchev–Trinajstić information content (AvgIpc) is 3.00. The summed E-state index contributed by atoms with van der Waals surface area (Å²) in [6.45, 7) is 2.27. The van der Waals surface area contributed by atoms with Gasteiger partial charge in [-0.15, -0.1) is 0 Å². The van der Waals surface area contributed by atoms with Crippen molar-refractivity contribution >= 4 is 11.5 Å². The molecule has 3 nitrogen and oxygen atoms in total.